The van der Waals surface area contributed by atoms with Crippen LogP contribution in [-0.2, 0) is 16.1 Å². The van der Waals surface area contributed by atoms with Crippen LogP contribution in [0, 0.1) is 0 Å². The zero-order valence-electron chi connectivity index (χ0n) is 9.76. The molecule has 0 unspecified atom stereocenters. The first-order valence-corrected chi connectivity index (χ1v) is 6.80. The Morgan fingerprint density at radius 2 is 2.22 bits per heavy atom. The van der Waals surface area contributed by atoms with Crippen molar-refractivity contribution in [2.75, 3.05) is 5.88 Å². The van der Waals surface area contributed by atoms with Gasteiger partial charge < -0.3 is 4.74 Å². The van der Waals surface area contributed by atoms with Gasteiger partial charge in [-0.2, -0.15) is 0 Å². The fourth-order valence-corrected chi connectivity index (χ4v) is 2.54. The second kappa shape index (κ2) is 5.54. The quantitative estimate of drug-likeness (QED) is 0.639. The van der Waals surface area contributed by atoms with Crippen molar-refractivity contribution < 1.29 is 9.53 Å². The molecular formula is C12H12ClNO3S. The van der Waals surface area contributed by atoms with Crippen molar-refractivity contribution in [2.45, 2.75) is 19.6 Å². The maximum atomic E-state index is 11.8. The molecule has 0 saturated heterocycles. The van der Waals surface area contributed by atoms with Crippen molar-refractivity contribution >= 4 is 39.1 Å². The average Bonchev–Trinajstić information content (AvgIpc) is 2.66. The van der Waals surface area contributed by atoms with E-state index in [1.165, 1.54) is 4.57 Å². The van der Waals surface area contributed by atoms with Crippen molar-refractivity contribution in [3.8, 4) is 0 Å². The number of fused-ring (bicyclic) bond motifs is 1. The van der Waals surface area contributed by atoms with E-state index in [1.54, 1.807) is 6.92 Å². The van der Waals surface area contributed by atoms with Crippen LogP contribution in [0.4, 0.5) is 0 Å². The molecule has 0 N–H and O–H groups in total. The van der Waals surface area contributed by atoms with Crippen molar-refractivity contribution in [1.82, 2.24) is 4.57 Å². The monoisotopic (exact) mass is 285 g/mol. The zero-order chi connectivity index (χ0) is 13.1. The lowest BCUT2D eigenvalue weighted by molar-refractivity contribution is -0.147. The van der Waals surface area contributed by atoms with Gasteiger partial charge in [-0.05, 0) is 19.1 Å². The Hall–Kier alpha value is -1.33. The van der Waals surface area contributed by atoms with Crippen LogP contribution in [0.15, 0.2) is 29.1 Å². The van der Waals surface area contributed by atoms with Gasteiger partial charge in [-0.1, -0.05) is 23.5 Å². The number of thiazole rings is 1. The molecule has 4 nitrogen and oxygen atoms in total. The summed E-state index contributed by atoms with van der Waals surface area (Å²) in [6.07, 6.45) is -0.347. The highest BCUT2D eigenvalue weighted by atomic mass is 35.5. The lowest BCUT2D eigenvalue weighted by Crippen LogP contribution is -2.24. The lowest BCUT2D eigenvalue weighted by atomic mass is 10.3. The van der Waals surface area contributed by atoms with Crippen molar-refractivity contribution in [2.24, 2.45) is 0 Å². The number of aromatic nitrogens is 1. The molecule has 0 aliphatic heterocycles. The highest BCUT2D eigenvalue weighted by Crippen LogP contribution is 2.16. The van der Waals surface area contributed by atoms with Gasteiger partial charge in [0.2, 0.25) is 0 Å². The summed E-state index contributed by atoms with van der Waals surface area (Å²) in [6.45, 7) is 1.63. The number of alkyl halides is 1. The number of nitrogens with zero attached hydrogens (tertiary/aromatic N) is 1. The summed E-state index contributed by atoms with van der Waals surface area (Å²) in [5, 5.41) is 0. The van der Waals surface area contributed by atoms with Crippen molar-refractivity contribution in [3.05, 3.63) is 33.9 Å². The summed E-state index contributed by atoms with van der Waals surface area (Å²) < 4.78 is 7.33. The minimum atomic E-state index is -0.450. The fraction of sp³-hybridized carbons (Fsp3) is 0.333. The zero-order valence-corrected chi connectivity index (χ0v) is 11.3. The molecule has 0 amide bonds. The Bertz CT molecular complexity index is 619. The molecular weight excluding hydrogens is 274 g/mol. The Labute approximate surface area is 113 Å². The maximum absolute atomic E-state index is 11.8. The normalized spacial score (nSPS) is 12.6. The highest BCUT2D eigenvalue weighted by Gasteiger charge is 2.13. The van der Waals surface area contributed by atoms with E-state index in [1.807, 2.05) is 24.3 Å². The second-order valence-corrected chi connectivity index (χ2v) is 5.18. The number of carbonyl (C=O) groups excluding carboxylic acids is 1. The topological polar surface area (TPSA) is 48.3 Å². The molecule has 2 rings (SSSR count). The molecule has 0 fully saturated rings. The van der Waals surface area contributed by atoms with Gasteiger partial charge in [0.1, 0.15) is 12.6 Å². The molecule has 0 aliphatic carbocycles. The van der Waals surface area contributed by atoms with E-state index in [0.717, 1.165) is 21.6 Å². The van der Waals surface area contributed by atoms with Gasteiger partial charge in [-0.15, -0.1) is 11.6 Å². The first kappa shape index (κ1) is 13.1. The SMILES string of the molecule is C[C@H](CCl)OC(=O)Cn1c(=O)sc2ccccc21. The van der Waals surface area contributed by atoms with Crippen LogP contribution in [0.1, 0.15) is 6.92 Å². The molecule has 0 bridgehead atoms. The largest absolute Gasteiger partial charge is 0.460 e. The number of halogens is 1. The predicted molar refractivity (Wildman–Crippen MR) is 72.4 cm³/mol. The minimum absolute atomic E-state index is 0.0793. The van der Waals surface area contributed by atoms with Crippen LogP contribution in [0.25, 0.3) is 10.2 Å². The van der Waals surface area contributed by atoms with Gasteiger partial charge in [0.25, 0.3) is 0 Å². The van der Waals surface area contributed by atoms with E-state index in [4.69, 9.17) is 16.3 Å². The van der Waals surface area contributed by atoms with E-state index in [9.17, 15) is 9.59 Å². The Balaban J connectivity index is 2.24. The van der Waals surface area contributed by atoms with E-state index in [-0.39, 0.29) is 23.4 Å². The second-order valence-electron chi connectivity index (χ2n) is 3.88. The third-order valence-electron chi connectivity index (χ3n) is 2.41. The Kier molecular flexibility index (Phi) is 4.04. The predicted octanol–water partition coefficient (Wildman–Crippen LogP) is 2.23. The molecule has 1 heterocycles. The van der Waals surface area contributed by atoms with E-state index < -0.39 is 5.97 Å². The van der Waals surface area contributed by atoms with E-state index in [2.05, 4.69) is 0 Å². The van der Waals surface area contributed by atoms with Crippen LogP contribution < -0.4 is 4.87 Å². The number of benzene rings is 1. The molecule has 0 spiro atoms. The molecule has 0 saturated carbocycles. The third kappa shape index (κ3) is 2.73. The molecule has 6 heteroatoms. The molecule has 1 aromatic carbocycles. The molecule has 1 aromatic heterocycles. The van der Waals surface area contributed by atoms with Crippen molar-refractivity contribution in [3.63, 3.8) is 0 Å². The van der Waals surface area contributed by atoms with Crippen molar-refractivity contribution in [1.29, 1.82) is 0 Å². The first-order valence-electron chi connectivity index (χ1n) is 5.45. The molecule has 96 valence electrons. The fourth-order valence-electron chi connectivity index (χ4n) is 1.59. The number of para-hydroxylation sites is 1. The Morgan fingerprint density at radius 1 is 1.50 bits per heavy atom. The summed E-state index contributed by atoms with van der Waals surface area (Å²) in [5.74, 6) is -0.209. The summed E-state index contributed by atoms with van der Waals surface area (Å²) in [5.41, 5.74) is 0.753. The van der Waals surface area contributed by atoms with Gasteiger partial charge in [0, 0.05) is 0 Å². The smallest absolute Gasteiger partial charge is 0.326 e. The molecule has 18 heavy (non-hydrogen) atoms. The summed E-state index contributed by atoms with van der Waals surface area (Å²) in [4.78, 5) is 23.3. The van der Waals surface area contributed by atoms with Crippen LogP contribution in [-0.4, -0.2) is 22.5 Å². The molecule has 0 radical (unpaired) electrons. The lowest BCUT2D eigenvalue weighted by Gasteiger charge is -2.10. The maximum Gasteiger partial charge on any atom is 0.326 e. The number of hydrogen-bond acceptors (Lipinski definition) is 4. The van der Waals surface area contributed by atoms with Gasteiger partial charge in [0.15, 0.2) is 0 Å². The van der Waals surface area contributed by atoms with Gasteiger partial charge >= 0.3 is 10.8 Å². The first-order chi connectivity index (χ1) is 8.61. The van der Waals surface area contributed by atoms with Gasteiger partial charge in [-0.25, -0.2) is 0 Å². The number of esters is 1. The summed E-state index contributed by atoms with van der Waals surface area (Å²) in [6, 6.07) is 7.35. The standard InChI is InChI=1S/C12H12ClNO3S/c1-8(6-13)17-11(15)7-14-9-4-2-3-5-10(9)18-12(14)16/h2-5,8H,6-7H2,1H3/t8-/m1/s1. The average molecular weight is 286 g/mol. The molecule has 0 aliphatic rings. The highest BCUT2D eigenvalue weighted by molar-refractivity contribution is 7.16. The van der Waals surface area contributed by atoms with Gasteiger partial charge in [0.05, 0.1) is 16.1 Å². The van der Waals surface area contributed by atoms with Crippen LogP contribution >= 0.6 is 22.9 Å². The van der Waals surface area contributed by atoms with E-state index >= 15 is 0 Å². The molecule has 1 atom stereocenters. The number of hydrogen-bond donors (Lipinski definition) is 0. The third-order valence-corrected chi connectivity index (χ3v) is 3.81. The van der Waals surface area contributed by atoms with Crippen LogP contribution in [0.5, 0.6) is 0 Å². The summed E-state index contributed by atoms with van der Waals surface area (Å²) in [7, 11) is 0. The number of ether oxygens (including phenoxy) is 1. The van der Waals surface area contributed by atoms with Crippen LogP contribution in [0.2, 0.25) is 0 Å². The molecule has 2 aromatic rings. The summed E-state index contributed by atoms with van der Waals surface area (Å²) >= 11 is 6.68. The van der Waals surface area contributed by atoms with E-state index in [0.29, 0.717) is 0 Å². The van der Waals surface area contributed by atoms with Crippen LogP contribution in [0.3, 0.4) is 0 Å². The van der Waals surface area contributed by atoms with Gasteiger partial charge in [-0.3, -0.25) is 14.2 Å². The number of carbonyl (C=O) groups is 1. The Morgan fingerprint density at radius 3 is 2.94 bits per heavy atom. The minimum Gasteiger partial charge on any atom is -0.460 e. The number of rotatable bonds is 4.